The number of halogens is 2. The molecule has 1 heterocycles. The highest BCUT2D eigenvalue weighted by Crippen LogP contribution is 2.27. The lowest BCUT2D eigenvalue weighted by Gasteiger charge is -2.01. The van der Waals surface area contributed by atoms with Gasteiger partial charge in [0.2, 0.25) is 5.82 Å². The van der Waals surface area contributed by atoms with Gasteiger partial charge in [-0.25, -0.2) is 0 Å². The molecule has 0 saturated carbocycles. The van der Waals surface area contributed by atoms with Crippen molar-refractivity contribution in [3.8, 4) is 17.1 Å². The van der Waals surface area contributed by atoms with E-state index in [2.05, 4.69) is 31.3 Å². The SMILES string of the molecule is O=[N+]([O-])c1ccc(-n2nnc(-c3ccccc3Br)n2)c(Cl)c1. The van der Waals surface area contributed by atoms with Gasteiger partial charge >= 0.3 is 0 Å². The number of non-ortho nitro benzene ring substituents is 1. The van der Waals surface area contributed by atoms with E-state index in [1.165, 1.54) is 23.0 Å². The second kappa shape index (κ2) is 5.82. The van der Waals surface area contributed by atoms with Crippen LogP contribution in [0.3, 0.4) is 0 Å². The minimum Gasteiger partial charge on any atom is -0.258 e. The Morgan fingerprint density at radius 1 is 1.23 bits per heavy atom. The molecule has 0 radical (unpaired) electrons. The van der Waals surface area contributed by atoms with E-state index in [1.54, 1.807) is 0 Å². The van der Waals surface area contributed by atoms with E-state index in [-0.39, 0.29) is 10.7 Å². The molecule has 0 fully saturated rings. The number of tetrazole rings is 1. The maximum Gasteiger partial charge on any atom is 0.271 e. The minimum atomic E-state index is -0.517. The van der Waals surface area contributed by atoms with E-state index in [0.717, 1.165) is 10.0 Å². The topological polar surface area (TPSA) is 86.7 Å². The number of hydrogen-bond acceptors (Lipinski definition) is 5. The maximum absolute atomic E-state index is 10.7. The third-order valence-corrected chi connectivity index (χ3v) is 3.88. The van der Waals surface area contributed by atoms with Crippen molar-refractivity contribution >= 4 is 33.2 Å². The molecule has 0 amide bonds. The van der Waals surface area contributed by atoms with E-state index in [0.29, 0.717) is 11.5 Å². The first kappa shape index (κ1) is 14.6. The Kier molecular flexibility index (Phi) is 3.86. The first-order chi connectivity index (χ1) is 10.6. The molecule has 0 aliphatic heterocycles. The number of nitro benzene ring substituents is 1. The van der Waals surface area contributed by atoms with Gasteiger partial charge in [-0.2, -0.15) is 0 Å². The zero-order valence-corrected chi connectivity index (χ0v) is 13.2. The van der Waals surface area contributed by atoms with Crippen molar-refractivity contribution in [3.05, 3.63) is 62.1 Å². The van der Waals surface area contributed by atoms with Crippen LogP contribution < -0.4 is 0 Å². The highest BCUT2D eigenvalue weighted by molar-refractivity contribution is 9.10. The van der Waals surface area contributed by atoms with Crippen LogP contribution in [-0.4, -0.2) is 25.1 Å². The van der Waals surface area contributed by atoms with Gasteiger partial charge in [-0.05, 0) is 23.4 Å². The molecule has 1 aromatic heterocycles. The van der Waals surface area contributed by atoms with Crippen molar-refractivity contribution in [2.75, 3.05) is 0 Å². The number of benzene rings is 2. The molecule has 3 rings (SSSR count). The molecule has 0 aliphatic rings. The summed E-state index contributed by atoms with van der Waals surface area (Å²) in [5.74, 6) is 0.418. The lowest BCUT2D eigenvalue weighted by Crippen LogP contribution is -2.00. The molecule has 0 unspecified atom stereocenters. The van der Waals surface area contributed by atoms with Crippen LogP contribution in [0.4, 0.5) is 5.69 Å². The second-order valence-electron chi connectivity index (χ2n) is 4.28. The first-order valence-corrected chi connectivity index (χ1v) is 7.22. The van der Waals surface area contributed by atoms with E-state index < -0.39 is 4.92 Å². The van der Waals surface area contributed by atoms with Crippen LogP contribution in [0.2, 0.25) is 5.02 Å². The van der Waals surface area contributed by atoms with Crippen LogP contribution in [-0.2, 0) is 0 Å². The van der Waals surface area contributed by atoms with E-state index in [4.69, 9.17) is 11.6 Å². The zero-order valence-electron chi connectivity index (χ0n) is 10.8. The van der Waals surface area contributed by atoms with E-state index in [1.807, 2.05) is 24.3 Å². The standard InChI is InChI=1S/C13H7BrClN5O2/c14-10-4-2-1-3-9(10)13-16-18-19(17-13)12-6-5-8(20(21)22)7-11(12)15/h1-7H. The summed E-state index contributed by atoms with van der Waals surface area (Å²) in [7, 11) is 0. The quantitative estimate of drug-likeness (QED) is 0.511. The van der Waals surface area contributed by atoms with Gasteiger partial charge in [0.15, 0.2) is 0 Å². The van der Waals surface area contributed by atoms with Crippen LogP contribution in [0.15, 0.2) is 46.9 Å². The van der Waals surface area contributed by atoms with Crippen LogP contribution in [0.25, 0.3) is 17.1 Å². The van der Waals surface area contributed by atoms with Crippen LogP contribution in [0.5, 0.6) is 0 Å². The van der Waals surface area contributed by atoms with Gasteiger partial charge in [0.1, 0.15) is 5.69 Å². The number of rotatable bonds is 3. The molecule has 9 heteroatoms. The van der Waals surface area contributed by atoms with E-state index >= 15 is 0 Å². The molecule has 0 aliphatic carbocycles. The number of nitro groups is 1. The summed E-state index contributed by atoms with van der Waals surface area (Å²) >= 11 is 9.47. The largest absolute Gasteiger partial charge is 0.271 e. The third-order valence-electron chi connectivity index (χ3n) is 2.89. The highest BCUT2D eigenvalue weighted by Gasteiger charge is 2.14. The molecule has 0 saturated heterocycles. The summed E-state index contributed by atoms with van der Waals surface area (Å²) < 4.78 is 0.837. The molecular weight excluding hydrogens is 374 g/mol. The van der Waals surface area contributed by atoms with Gasteiger partial charge < -0.3 is 0 Å². The minimum absolute atomic E-state index is 0.0973. The van der Waals surface area contributed by atoms with Crippen LogP contribution >= 0.6 is 27.5 Å². The Balaban J connectivity index is 2.01. The van der Waals surface area contributed by atoms with Crippen molar-refractivity contribution in [1.29, 1.82) is 0 Å². The average molecular weight is 381 g/mol. The lowest BCUT2D eigenvalue weighted by atomic mass is 10.2. The molecule has 0 N–H and O–H groups in total. The molecule has 3 aromatic rings. The van der Waals surface area contributed by atoms with Crippen molar-refractivity contribution in [2.24, 2.45) is 0 Å². The van der Waals surface area contributed by atoms with Gasteiger partial charge in [0.25, 0.3) is 5.69 Å². The number of aromatic nitrogens is 4. The first-order valence-electron chi connectivity index (χ1n) is 6.05. The van der Waals surface area contributed by atoms with Gasteiger partial charge in [-0.3, -0.25) is 10.1 Å². The summed E-state index contributed by atoms with van der Waals surface area (Å²) in [6, 6.07) is 11.5. The monoisotopic (exact) mass is 379 g/mol. The highest BCUT2D eigenvalue weighted by atomic mass is 79.9. The van der Waals surface area contributed by atoms with Crippen molar-refractivity contribution in [2.45, 2.75) is 0 Å². The third kappa shape index (κ3) is 2.70. The fraction of sp³-hybridized carbons (Fsp3) is 0. The summed E-state index contributed by atoms with van der Waals surface area (Å²) in [5.41, 5.74) is 1.10. The maximum atomic E-state index is 10.7. The Hall–Kier alpha value is -2.32. The molecule has 2 aromatic carbocycles. The molecule has 0 atom stereocenters. The zero-order chi connectivity index (χ0) is 15.7. The fourth-order valence-electron chi connectivity index (χ4n) is 1.84. The number of nitrogens with zero attached hydrogens (tertiary/aromatic N) is 5. The van der Waals surface area contributed by atoms with Crippen molar-refractivity contribution < 1.29 is 4.92 Å². The number of hydrogen-bond donors (Lipinski definition) is 0. The van der Waals surface area contributed by atoms with Crippen molar-refractivity contribution in [1.82, 2.24) is 20.2 Å². The van der Waals surface area contributed by atoms with Gasteiger partial charge in [-0.15, -0.1) is 15.0 Å². The Morgan fingerprint density at radius 3 is 2.68 bits per heavy atom. The Labute approximate surface area is 137 Å². The smallest absolute Gasteiger partial charge is 0.258 e. The molecule has 110 valence electrons. The molecule has 0 bridgehead atoms. The normalized spacial score (nSPS) is 10.6. The van der Waals surface area contributed by atoms with Gasteiger partial charge in [0.05, 0.1) is 9.95 Å². The predicted octanol–water partition coefficient (Wildman–Crippen LogP) is 3.65. The average Bonchev–Trinajstić information content (AvgIpc) is 2.97. The molecule has 22 heavy (non-hydrogen) atoms. The van der Waals surface area contributed by atoms with Crippen LogP contribution in [0.1, 0.15) is 0 Å². The van der Waals surface area contributed by atoms with Crippen LogP contribution in [0, 0.1) is 10.1 Å². The summed E-state index contributed by atoms with van der Waals surface area (Å²) in [5, 5.41) is 23.1. The van der Waals surface area contributed by atoms with Gasteiger partial charge in [-0.1, -0.05) is 39.7 Å². The molecular formula is C13H7BrClN5O2. The fourth-order valence-corrected chi connectivity index (χ4v) is 2.55. The molecule has 0 spiro atoms. The Morgan fingerprint density at radius 2 is 2.00 bits per heavy atom. The lowest BCUT2D eigenvalue weighted by molar-refractivity contribution is -0.384. The summed E-state index contributed by atoms with van der Waals surface area (Å²) in [6.45, 7) is 0. The van der Waals surface area contributed by atoms with E-state index in [9.17, 15) is 10.1 Å². The molecule has 7 nitrogen and oxygen atoms in total. The predicted molar refractivity (Wildman–Crippen MR) is 84.0 cm³/mol. The summed E-state index contributed by atoms with van der Waals surface area (Å²) in [4.78, 5) is 11.4. The summed E-state index contributed by atoms with van der Waals surface area (Å²) in [6.07, 6.45) is 0. The second-order valence-corrected chi connectivity index (χ2v) is 5.54. The Bertz CT molecular complexity index is 867. The van der Waals surface area contributed by atoms with Gasteiger partial charge in [0, 0.05) is 22.2 Å². The van der Waals surface area contributed by atoms with Crippen molar-refractivity contribution in [3.63, 3.8) is 0 Å².